The van der Waals surface area contributed by atoms with Crippen molar-refractivity contribution in [3.05, 3.63) is 46.8 Å². The van der Waals surface area contributed by atoms with Crippen LogP contribution in [0.2, 0.25) is 0 Å². The quantitative estimate of drug-likeness (QED) is 0.848. The number of carbonyl (C=O) groups is 1. The van der Waals surface area contributed by atoms with Gasteiger partial charge in [0.25, 0.3) is 5.91 Å². The largest absolute Gasteiger partial charge is 0.337 e. The first-order valence-electron chi connectivity index (χ1n) is 9.11. The van der Waals surface area contributed by atoms with Crippen molar-refractivity contribution in [2.75, 3.05) is 13.1 Å². The summed E-state index contributed by atoms with van der Waals surface area (Å²) < 4.78 is 2.03. The number of aromatic nitrogens is 2. The molecule has 0 saturated carbocycles. The van der Waals surface area contributed by atoms with Gasteiger partial charge in [-0.2, -0.15) is 5.10 Å². The lowest BCUT2D eigenvalue weighted by molar-refractivity contribution is 0.0675. The van der Waals surface area contributed by atoms with Gasteiger partial charge in [0.2, 0.25) is 0 Å². The van der Waals surface area contributed by atoms with E-state index in [0.29, 0.717) is 11.6 Å². The lowest BCUT2D eigenvalue weighted by atomic mass is 10.00. The third-order valence-electron chi connectivity index (χ3n) is 5.42. The van der Waals surface area contributed by atoms with E-state index in [1.54, 1.807) is 0 Å². The van der Waals surface area contributed by atoms with Crippen molar-refractivity contribution in [3.63, 3.8) is 0 Å². The molecule has 0 bridgehead atoms. The summed E-state index contributed by atoms with van der Waals surface area (Å²) in [6.07, 6.45) is 5.44. The molecule has 126 valence electrons. The molecule has 0 radical (unpaired) electrons. The smallest absolute Gasteiger partial charge is 0.274 e. The second-order valence-electron chi connectivity index (χ2n) is 7.32. The van der Waals surface area contributed by atoms with E-state index in [2.05, 4.69) is 26.0 Å². The summed E-state index contributed by atoms with van der Waals surface area (Å²) in [6.45, 7) is 6.07. The van der Waals surface area contributed by atoms with Crippen LogP contribution >= 0.6 is 0 Å². The number of carbonyl (C=O) groups excluding carboxylic acids is 1. The number of fused-ring (bicyclic) bond motifs is 1. The molecule has 1 aliphatic heterocycles. The summed E-state index contributed by atoms with van der Waals surface area (Å²) in [7, 11) is 0. The molecule has 1 saturated heterocycles. The number of nitrogens with zero attached hydrogens (tertiary/aromatic N) is 3. The molecular weight excluding hydrogens is 298 g/mol. The molecule has 1 atom stereocenters. The Kier molecular flexibility index (Phi) is 3.91. The highest BCUT2D eigenvalue weighted by Gasteiger charge is 2.31. The van der Waals surface area contributed by atoms with Crippen LogP contribution in [0.5, 0.6) is 0 Å². The summed E-state index contributed by atoms with van der Waals surface area (Å²) in [5, 5.41) is 4.79. The molecule has 0 unspecified atom stereocenters. The van der Waals surface area contributed by atoms with Crippen LogP contribution in [0.25, 0.3) is 5.69 Å². The highest BCUT2D eigenvalue weighted by atomic mass is 16.2. The van der Waals surface area contributed by atoms with Gasteiger partial charge in [0.15, 0.2) is 5.69 Å². The number of hydrogen-bond donors (Lipinski definition) is 0. The van der Waals surface area contributed by atoms with Gasteiger partial charge in [-0.1, -0.05) is 25.1 Å². The van der Waals surface area contributed by atoms with E-state index in [-0.39, 0.29) is 5.91 Å². The molecule has 1 fully saturated rings. The molecule has 1 aromatic carbocycles. The Balaban J connectivity index is 1.74. The minimum Gasteiger partial charge on any atom is -0.337 e. The number of amides is 1. The molecule has 4 rings (SSSR count). The molecule has 2 heterocycles. The molecule has 0 N–H and O–H groups in total. The van der Waals surface area contributed by atoms with Crippen molar-refractivity contribution >= 4 is 5.91 Å². The summed E-state index contributed by atoms with van der Waals surface area (Å²) in [5.74, 6) is 0.723. The first-order valence-corrected chi connectivity index (χ1v) is 9.11. The number of hydrogen-bond acceptors (Lipinski definition) is 2. The van der Waals surface area contributed by atoms with Gasteiger partial charge in [0, 0.05) is 24.3 Å². The lowest BCUT2D eigenvalue weighted by Gasteiger charge is -2.30. The molecule has 4 heteroatoms. The maximum absolute atomic E-state index is 13.1. The molecule has 2 aromatic rings. The zero-order chi connectivity index (χ0) is 16.7. The summed E-state index contributed by atoms with van der Waals surface area (Å²) in [4.78, 5) is 15.1. The van der Waals surface area contributed by atoms with Crippen molar-refractivity contribution in [1.29, 1.82) is 0 Å². The summed E-state index contributed by atoms with van der Waals surface area (Å²) in [6, 6.07) is 8.28. The second-order valence-corrected chi connectivity index (χ2v) is 7.32. The van der Waals surface area contributed by atoms with E-state index in [1.807, 2.05) is 21.7 Å². The number of aryl methyl sites for hydroxylation is 1. The molecule has 2 aliphatic rings. The minimum absolute atomic E-state index is 0.132. The van der Waals surface area contributed by atoms with Gasteiger partial charge < -0.3 is 4.90 Å². The molecule has 1 amide bonds. The van der Waals surface area contributed by atoms with Crippen LogP contribution in [0, 0.1) is 12.8 Å². The van der Waals surface area contributed by atoms with E-state index < -0.39 is 0 Å². The number of para-hydroxylation sites is 1. The van der Waals surface area contributed by atoms with Crippen molar-refractivity contribution < 1.29 is 4.79 Å². The van der Waals surface area contributed by atoms with Crippen LogP contribution < -0.4 is 0 Å². The van der Waals surface area contributed by atoms with Crippen molar-refractivity contribution in [2.45, 2.75) is 46.0 Å². The molecular formula is C20H25N3O. The molecule has 24 heavy (non-hydrogen) atoms. The minimum atomic E-state index is 0.132. The van der Waals surface area contributed by atoms with Crippen molar-refractivity contribution in [2.24, 2.45) is 5.92 Å². The van der Waals surface area contributed by atoms with Gasteiger partial charge >= 0.3 is 0 Å². The monoisotopic (exact) mass is 323 g/mol. The number of likely N-dealkylation sites (tertiary alicyclic amines) is 1. The van der Waals surface area contributed by atoms with Gasteiger partial charge in [-0.05, 0) is 56.6 Å². The van der Waals surface area contributed by atoms with Crippen LogP contribution in [0.3, 0.4) is 0 Å². The lowest BCUT2D eigenvalue weighted by Crippen LogP contribution is -2.39. The first-order chi connectivity index (χ1) is 11.6. The van der Waals surface area contributed by atoms with Crippen molar-refractivity contribution in [3.8, 4) is 5.69 Å². The van der Waals surface area contributed by atoms with Gasteiger partial charge in [0.05, 0.1) is 5.69 Å². The maximum Gasteiger partial charge on any atom is 0.274 e. The zero-order valence-corrected chi connectivity index (χ0v) is 14.6. The Labute approximate surface area is 143 Å². The SMILES string of the molecule is Cc1ccccc1-n1nc(C(=O)N2CCC[C@H](C)C2)c2c1CCC2. The molecule has 0 spiro atoms. The van der Waals surface area contributed by atoms with E-state index in [1.165, 1.54) is 23.2 Å². The van der Waals surface area contributed by atoms with E-state index in [9.17, 15) is 4.79 Å². The standard InChI is InChI=1S/C20H25N3O/c1-14-7-6-12-22(13-14)20(24)19-16-9-5-11-18(16)23(21-19)17-10-4-3-8-15(17)2/h3-4,8,10,14H,5-7,9,11-13H2,1-2H3/t14-/m0/s1. The highest BCUT2D eigenvalue weighted by Crippen LogP contribution is 2.30. The van der Waals surface area contributed by atoms with Gasteiger partial charge in [-0.3, -0.25) is 4.79 Å². The average Bonchev–Trinajstić information content (AvgIpc) is 3.17. The normalized spacial score (nSPS) is 20.2. The Morgan fingerprint density at radius 3 is 2.83 bits per heavy atom. The average molecular weight is 323 g/mol. The van der Waals surface area contributed by atoms with Gasteiger partial charge in [-0.25, -0.2) is 4.68 Å². The zero-order valence-electron chi connectivity index (χ0n) is 14.6. The third-order valence-corrected chi connectivity index (χ3v) is 5.42. The fourth-order valence-corrected chi connectivity index (χ4v) is 4.13. The Hall–Kier alpha value is -2.10. The van der Waals surface area contributed by atoms with E-state index in [4.69, 9.17) is 5.10 Å². The second kappa shape index (κ2) is 6.08. The number of rotatable bonds is 2. The Bertz CT molecular complexity index is 777. The topological polar surface area (TPSA) is 38.1 Å². The third kappa shape index (κ3) is 2.54. The maximum atomic E-state index is 13.1. The van der Waals surface area contributed by atoms with Crippen LogP contribution in [0.4, 0.5) is 0 Å². The fraction of sp³-hybridized carbons (Fsp3) is 0.500. The van der Waals surface area contributed by atoms with Crippen molar-refractivity contribution in [1.82, 2.24) is 14.7 Å². The van der Waals surface area contributed by atoms with Crippen LogP contribution in [-0.2, 0) is 12.8 Å². The molecule has 1 aromatic heterocycles. The van der Waals surface area contributed by atoms with Crippen LogP contribution in [0.15, 0.2) is 24.3 Å². The molecule has 4 nitrogen and oxygen atoms in total. The summed E-state index contributed by atoms with van der Waals surface area (Å²) >= 11 is 0. The van der Waals surface area contributed by atoms with Crippen LogP contribution in [-0.4, -0.2) is 33.7 Å². The highest BCUT2D eigenvalue weighted by molar-refractivity contribution is 5.94. The molecule has 1 aliphatic carbocycles. The number of benzene rings is 1. The fourth-order valence-electron chi connectivity index (χ4n) is 4.13. The van der Waals surface area contributed by atoms with E-state index >= 15 is 0 Å². The number of piperidine rings is 1. The summed E-state index contributed by atoms with van der Waals surface area (Å²) in [5.41, 5.74) is 5.40. The predicted octanol–water partition coefficient (Wildman–Crippen LogP) is 3.54. The predicted molar refractivity (Wildman–Crippen MR) is 94.6 cm³/mol. The Morgan fingerprint density at radius 2 is 2.04 bits per heavy atom. The van der Waals surface area contributed by atoms with Crippen LogP contribution in [0.1, 0.15) is 53.5 Å². The van der Waals surface area contributed by atoms with Gasteiger partial charge in [-0.15, -0.1) is 0 Å². The van der Waals surface area contributed by atoms with E-state index in [0.717, 1.165) is 44.5 Å². The Morgan fingerprint density at radius 1 is 1.21 bits per heavy atom. The van der Waals surface area contributed by atoms with Gasteiger partial charge in [0.1, 0.15) is 0 Å². The first kappa shape index (κ1) is 15.4.